The van der Waals surface area contributed by atoms with Gasteiger partial charge in [-0.05, 0) is 24.3 Å². The highest BCUT2D eigenvalue weighted by Crippen LogP contribution is 2.29. The van der Waals surface area contributed by atoms with Crippen molar-refractivity contribution in [1.82, 2.24) is 15.0 Å². The zero-order chi connectivity index (χ0) is 17.6. The Hall–Kier alpha value is -3.68. The molecule has 126 valence electrons. The lowest BCUT2D eigenvalue weighted by atomic mass is 10.2. The molecule has 0 atom stereocenters. The van der Waals surface area contributed by atoms with E-state index in [-0.39, 0.29) is 0 Å². The molecule has 0 saturated heterocycles. The number of anilines is 5. The first-order chi connectivity index (χ1) is 12.2. The van der Waals surface area contributed by atoms with Crippen molar-refractivity contribution < 1.29 is 9.53 Å². The van der Waals surface area contributed by atoms with Gasteiger partial charge in [0.15, 0.2) is 11.6 Å². The van der Waals surface area contributed by atoms with Crippen molar-refractivity contribution in [1.29, 1.82) is 0 Å². The van der Waals surface area contributed by atoms with Crippen molar-refractivity contribution in [3.8, 4) is 0 Å². The summed E-state index contributed by atoms with van der Waals surface area (Å²) in [5.41, 5.74) is 8.12. The first kappa shape index (κ1) is 16.2. The number of nitrogens with zero attached hydrogens (tertiary/aromatic N) is 3. The summed E-state index contributed by atoms with van der Waals surface area (Å²) in [6.07, 6.45) is 4.70. The summed E-state index contributed by atoms with van der Waals surface area (Å²) >= 11 is 0. The number of benzene rings is 1. The quantitative estimate of drug-likeness (QED) is 0.609. The Bertz CT molecular complexity index is 885. The van der Waals surface area contributed by atoms with Crippen molar-refractivity contribution in [3.63, 3.8) is 0 Å². The summed E-state index contributed by atoms with van der Waals surface area (Å²) < 4.78 is 4.79. The van der Waals surface area contributed by atoms with Gasteiger partial charge in [0.05, 0.1) is 30.2 Å². The van der Waals surface area contributed by atoms with Gasteiger partial charge in [0.1, 0.15) is 12.0 Å². The number of methoxy groups -OCH3 is 1. The molecule has 0 saturated carbocycles. The van der Waals surface area contributed by atoms with Crippen molar-refractivity contribution in [2.75, 3.05) is 23.5 Å². The Kier molecular flexibility index (Phi) is 4.70. The second kappa shape index (κ2) is 7.26. The van der Waals surface area contributed by atoms with Gasteiger partial charge in [0.25, 0.3) is 0 Å². The number of nitrogen functional groups attached to an aromatic ring is 1. The van der Waals surface area contributed by atoms with Crippen molar-refractivity contribution in [2.24, 2.45) is 0 Å². The van der Waals surface area contributed by atoms with Gasteiger partial charge in [-0.25, -0.2) is 14.8 Å². The number of hydrogen-bond acceptors (Lipinski definition) is 8. The van der Waals surface area contributed by atoms with Gasteiger partial charge in [-0.1, -0.05) is 12.1 Å². The molecule has 0 bridgehead atoms. The Morgan fingerprint density at radius 2 is 1.84 bits per heavy atom. The lowest BCUT2D eigenvalue weighted by Gasteiger charge is -2.14. The lowest BCUT2D eigenvalue weighted by molar-refractivity contribution is 0.0602. The third kappa shape index (κ3) is 3.63. The van der Waals surface area contributed by atoms with Crippen LogP contribution >= 0.6 is 0 Å². The predicted octanol–water partition coefficient (Wildman–Crippen LogP) is 2.73. The first-order valence-electron chi connectivity index (χ1n) is 7.41. The van der Waals surface area contributed by atoms with Crippen LogP contribution in [0.5, 0.6) is 0 Å². The number of carbonyl (C=O) groups is 1. The van der Waals surface area contributed by atoms with Crippen LogP contribution in [-0.4, -0.2) is 28.0 Å². The molecule has 4 N–H and O–H groups in total. The third-order valence-corrected chi connectivity index (χ3v) is 3.39. The molecular weight excluding hydrogens is 320 g/mol. The van der Waals surface area contributed by atoms with Gasteiger partial charge in [-0.3, -0.25) is 4.98 Å². The van der Waals surface area contributed by atoms with E-state index < -0.39 is 5.97 Å². The van der Waals surface area contributed by atoms with Gasteiger partial charge >= 0.3 is 5.97 Å². The Morgan fingerprint density at radius 1 is 1.08 bits per heavy atom. The van der Waals surface area contributed by atoms with Gasteiger partial charge in [0.2, 0.25) is 0 Å². The normalized spacial score (nSPS) is 10.1. The van der Waals surface area contributed by atoms with E-state index in [0.29, 0.717) is 28.6 Å². The largest absolute Gasteiger partial charge is 0.465 e. The maximum Gasteiger partial charge on any atom is 0.339 e. The Morgan fingerprint density at radius 3 is 2.56 bits per heavy atom. The average Bonchev–Trinajstić information content (AvgIpc) is 2.65. The minimum atomic E-state index is -0.454. The van der Waals surface area contributed by atoms with Gasteiger partial charge in [-0.2, -0.15) is 0 Å². The van der Waals surface area contributed by atoms with Crippen molar-refractivity contribution in [3.05, 3.63) is 60.7 Å². The van der Waals surface area contributed by atoms with E-state index in [4.69, 9.17) is 10.5 Å². The minimum Gasteiger partial charge on any atom is -0.465 e. The number of esters is 1. The van der Waals surface area contributed by atoms with E-state index in [1.165, 1.54) is 13.4 Å². The molecule has 25 heavy (non-hydrogen) atoms. The van der Waals surface area contributed by atoms with E-state index in [2.05, 4.69) is 25.6 Å². The molecule has 1 aromatic carbocycles. The van der Waals surface area contributed by atoms with E-state index in [1.54, 1.807) is 42.7 Å². The summed E-state index contributed by atoms with van der Waals surface area (Å²) in [7, 11) is 1.33. The fourth-order valence-corrected chi connectivity index (χ4v) is 2.18. The average molecular weight is 336 g/mol. The van der Waals surface area contributed by atoms with E-state index in [1.807, 2.05) is 6.07 Å². The molecule has 3 rings (SSSR count). The summed E-state index contributed by atoms with van der Waals surface area (Å²) in [4.78, 5) is 24.2. The highest BCUT2D eigenvalue weighted by Gasteiger charge is 2.14. The van der Waals surface area contributed by atoms with E-state index in [0.717, 1.165) is 5.69 Å². The van der Waals surface area contributed by atoms with Gasteiger partial charge < -0.3 is 21.1 Å². The fourth-order valence-electron chi connectivity index (χ4n) is 2.18. The zero-order valence-electron chi connectivity index (χ0n) is 13.4. The molecule has 0 aliphatic carbocycles. The molecule has 2 heterocycles. The number of nitrogens with one attached hydrogen (secondary N) is 2. The third-order valence-electron chi connectivity index (χ3n) is 3.39. The van der Waals surface area contributed by atoms with Crippen LogP contribution in [-0.2, 0) is 4.74 Å². The SMILES string of the molecule is COC(=O)c1ccccc1Nc1ncnc(Nc2cccnc2)c1N. The molecule has 0 radical (unpaired) electrons. The van der Waals surface area contributed by atoms with Crippen LogP contribution in [0.15, 0.2) is 55.1 Å². The topological polar surface area (TPSA) is 115 Å². The number of para-hydroxylation sites is 1. The zero-order valence-corrected chi connectivity index (χ0v) is 13.4. The Labute approximate surface area is 144 Å². The molecule has 8 nitrogen and oxygen atoms in total. The molecule has 0 unspecified atom stereocenters. The molecule has 3 aromatic rings. The van der Waals surface area contributed by atoms with Gasteiger partial charge in [0, 0.05) is 6.20 Å². The van der Waals surface area contributed by atoms with E-state index >= 15 is 0 Å². The number of carbonyl (C=O) groups excluding carboxylic acids is 1. The molecule has 2 aromatic heterocycles. The van der Waals surface area contributed by atoms with Crippen molar-refractivity contribution >= 4 is 34.7 Å². The van der Waals surface area contributed by atoms with Crippen LogP contribution in [0, 0.1) is 0 Å². The number of nitrogens with two attached hydrogens (primary N) is 1. The number of pyridine rings is 1. The monoisotopic (exact) mass is 336 g/mol. The highest BCUT2D eigenvalue weighted by atomic mass is 16.5. The summed E-state index contributed by atoms with van der Waals surface area (Å²) in [5.74, 6) is 0.350. The smallest absolute Gasteiger partial charge is 0.339 e. The number of rotatable bonds is 5. The van der Waals surface area contributed by atoms with Crippen LogP contribution in [0.1, 0.15) is 10.4 Å². The molecule has 0 amide bonds. The molecule has 0 aliphatic heterocycles. The minimum absolute atomic E-state index is 0.311. The highest BCUT2D eigenvalue weighted by molar-refractivity contribution is 5.97. The Balaban J connectivity index is 1.90. The van der Waals surface area contributed by atoms with Gasteiger partial charge in [-0.15, -0.1) is 0 Å². The van der Waals surface area contributed by atoms with Crippen LogP contribution in [0.2, 0.25) is 0 Å². The molecule has 0 fully saturated rings. The number of hydrogen-bond donors (Lipinski definition) is 3. The number of aromatic nitrogens is 3. The molecule has 8 heteroatoms. The standard InChI is InChI=1S/C17H16N6O2/c1-25-17(24)12-6-2-3-7-13(12)23-16-14(18)15(20-10-21-16)22-11-5-4-8-19-9-11/h2-10H,18H2,1H3,(H2,20,21,22,23). The van der Waals surface area contributed by atoms with Crippen molar-refractivity contribution in [2.45, 2.75) is 0 Å². The maximum atomic E-state index is 11.9. The summed E-state index contributed by atoms with van der Waals surface area (Å²) in [5, 5.41) is 6.13. The first-order valence-corrected chi connectivity index (χ1v) is 7.41. The number of ether oxygens (including phenoxy) is 1. The fraction of sp³-hybridized carbons (Fsp3) is 0.0588. The molecule has 0 aliphatic rings. The second-order valence-corrected chi connectivity index (χ2v) is 5.01. The van der Waals surface area contributed by atoms with E-state index in [9.17, 15) is 4.79 Å². The van der Waals surface area contributed by atoms with Crippen LogP contribution < -0.4 is 16.4 Å². The summed E-state index contributed by atoms with van der Waals surface area (Å²) in [6, 6.07) is 10.6. The van der Waals surface area contributed by atoms with Crippen LogP contribution in [0.25, 0.3) is 0 Å². The predicted molar refractivity (Wildman–Crippen MR) is 95.0 cm³/mol. The van der Waals surface area contributed by atoms with Crippen LogP contribution in [0.4, 0.5) is 28.7 Å². The maximum absolute atomic E-state index is 11.9. The second-order valence-electron chi connectivity index (χ2n) is 5.01. The molecule has 0 spiro atoms. The molecular formula is C17H16N6O2. The van der Waals surface area contributed by atoms with Crippen LogP contribution in [0.3, 0.4) is 0 Å². The lowest BCUT2D eigenvalue weighted by Crippen LogP contribution is -2.09. The summed E-state index contributed by atoms with van der Waals surface area (Å²) in [6.45, 7) is 0.